The largest absolute Gasteiger partial charge is 0.340 e. The van der Waals surface area contributed by atoms with Gasteiger partial charge in [0.15, 0.2) is 0 Å². The van der Waals surface area contributed by atoms with E-state index in [-0.39, 0.29) is 0 Å². The van der Waals surface area contributed by atoms with E-state index in [2.05, 4.69) is 12.1 Å². The van der Waals surface area contributed by atoms with E-state index < -0.39 is 0 Å². The third-order valence-electron chi connectivity index (χ3n) is 3.56. The van der Waals surface area contributed by atoms with Crippen molar-refractivity contribution in [2.24, 2.45) is 13.0 Å². The fourth-order valence-corrected chi connectivity index (χ4v) is 2.56. The molecular formula is C13H18N2. The summed E-state index contributed by atoms with van der Waals surface area (Å²) in [6.07, 6.45) is 8.08. The van der Waals surface area contributed by atoms with Crippen LogP contribution in [0.4, 0.5) is 0 Å². The Kier molecular flexibility index (Phi) is 3.11. The van der Waals surface area contributed by atoms with E-state index in [1.54, 1.807) is 0 Å². The smallest absolute Gasteiger partial charge is 0.120 e. The van der Waals surface area contributed by atoms with Crippen molar-refractivity contribution in [3.63, 3.8) is 0 Å². The number of hydrogen-bond donors (Lipinski definition) is 0. The molecule has 2 heteroatoms. The molecule has 1 saturated carbocycles. The Morgan fingerprint density at radius 3 is 2.67 bits per heavy atom. The summed E-state index contributed by atoms with van der Waals surface area (Å²) in [6, 6.07) is 6.25. The van der Waals surface area contributed by atoms with Crippen LogP contribution in [0.3, 0.4) is 0 Å². The Morgan fingerprint density at radius 2 is 2.07 bits per heavy atom. The van der Waals surface area contributed by atoms with Crippen LogP contribution in [0.15, 0.2) is 12.1 Å². The van der Waals surface area contributed by atoms with Crippen molar-refractivity contribution in [3.05, 3.63) is 23.5 Å². The van der Waals surface area contributed by atoms with E-state index >= 15 is 0 Å². The van der Waals surface area contributed by atoms with E-state index in [1.165, 1.54) is 37.8 Å². The molecule has 1 aromatic heterocycles. The molecular weight excluding hydrogens is 184 g/mol. The third-order valence-corrected chi connectivity index (χ3v) is 3.56. The molecule has 15 heavy (non-hydrogen) atoms. The van der Waals surface area contributed by atoms with Gasteiger partial charge in [-0.1, -0.05) is 32.1 Å². The predicted octanol–water partition coefficient (Wildman–Crippen LogP) is 3.02. The van der Waals surface area contributed by atoms with Crippen molar-refractivity contribution < 1.29 is 0 Å². The van der Waals surface area contributed by atoms with Gasteiger partial charge in [0.25, 0.3) is 0 Å². The van der Waals surface area contributed by atoms with Gasteiger partial charge in [-0.3, -0.25) is 0 Å². The molecule has 0 aliphatic heterocycles. The summed E-state index contributed by atoms with van der Waals surface area (Å²) in [7, 11) is 2.00. The van der Waals surface area contributed by atoms with E-state index in [0.717, 1.165) is 18.0 Å². The summed E-state index contributed by atoms with van der Waals surface area (Å²) in [5.41, 5.74) is 2.10. The average Bonchev–Trinajstić information content (AvgIpc) is 2.62. The zero-order valence-electron chi connectivity index (χ0n) is 9.37. The molecule has 0 radical (unpaired) electrons. The number of aromatic nitrogens is 1. The van der Waals surface area contributed by atoms with Crippen LogP contribution >= 0.6 is 0 Å². The fraction of sp³-hybridized carbons (Fsp3) is 0.615. The molecule has 80 valence electrons. The number of hydrogen-bond acceptors (Lipinski definition) is 1. The molecule has 0 atom stereocenters. The molecule has 0 N–H and O–H groups in total. The summed E-state index contributed by atoms with van der Waals surface area (Å²) in [5, 5.41) is 8.87. The van der Waals surface area contributed by atoms with Gasteiger partial charge in [0.05, 0.1) is 0 Å². The quantitative estimate of drug-likeness (QED) is 0.724. The SMILES string of the molecule is Cn1c(C#N)ccc1CC1CCCCC1. The van der Waals surface area contributed by atoms with Gasteiger partial charge in [0.2, 0.25) is 0 Å². The van der Waals surface area contributed by atoms with Gasteiger partial charge >= 0.3 is 0 Å². The zero-order valence-corrected chi connectivity index (χ0v) is 9.37. The molecule has 2 rings (SSSR count). The van der Waals surface area contributed by atoms with Crippen molar-refractivity contribution in [2.45, 2.75) is 38.5 Å². The summed E-state index contributed by atoms with van der Waals surface area (Å²) in [6.45, 7) is 0. The van der Waals surface area contributed by atoms with Crippen molar-refractivity contribution in [3.8, 4) is 6.07 Å². The summed E-state index contributed by atoms with van der Waals surface area (Å²) in [4.78, 5) is 0. The molecule has 0 bridgehead atoms. The Labute approximate surface area is 91.5 Å². The van der Waals surface area contributed by atoms with Crippen LogP contribution in [0.1, 0.15) is 43.5 Å². The van der Waals surface area contributed by atoms with Gasteiger partial charge < -0.3 is 4.57 Å². The van der Waals surface area contributed by atoms with Gasteiger partial charge in [0, 0.05) is 12.7 Å². The molecule has 0 aromatic carbocycles. The first-order chi connectivity index (χ1) is 7.31. The molecule has 2 nitrogen and oxygen atoms in total. The Hall–Kier alpha value is -1.23. The second-order valence-electron chi connectivity index (χ2n) is 4.59. The lowest BCUT2D eigenvalue weighted by Gasteiger charge is -2.21. The maximum atomic E-state index is 8.87. The fourth-order valence-electron chi connectivity index (χ4n) is 2.56. The van der Waals surface area contributed by atoms with Gasteiger partial charge in [-0.2, -0.15) is 5.26 Å². The van der Waals surface area contributed by atoms with Crippen LogP contribution in [0.25, 0.3) is 0 Å². The predicted molar refractivity (Wildman–Crippen MR) is 60.4 cm³/mol. The van der Waals surface area contributed by atoms with E-state index in [9.17, 15) is 0 Å². The second-order valence-corrected chi connectivity index (χ2v) is 4.59. The Morgan fingerprint density at radius 1 is 1.33 bits per heavy atom. The normalized spacial score (nSPS) is 17.6. The van der Waals surface area contributed by atoms with Crippen molar-refractivity contribution in [1.82, 2.24) is 4.57 Å². The van der Waals surface area contributed by atoms with Crippen LogP contribution < -0.4 is 0 Å². The molecule has 0 unspecified atom stereocenters. The minimum Gasteiger partial charge on any atom is -0.340 e. The highest BCUT2D eigenvalue weighted by Crippen LogP contribution is 2.27. The molecule has 1 aromatic rings. The number of nitrogens with zero attached hydrogens (tertiary/aromatic N) is 2. The molecule has 1 fully saturated rings. The van der Waals surface area contributed by atoms with Crippen LogP contribution in [-0.4, -0.2) is 4.57 Å². The summed E-state index contributed by atoms with van der Waals surface area (Å²) < 4.78 is 2.04. The zero-order chi connectivity index (χ0) is 10.7. The third kappa shape index (κ3) is 2.23. The molecule has 1 aliphatic carbocycles. The second kappa shape index (κ2) is 4.53. The number of nitriles is 1. The summed E-state index contributed by atoms with van der Waals surface area (Å²) in [5.74, 6) is 0.846. The Bertz CT molecular complexity index is 364. The highest BCUT2D eigenvalue weighted by atomic mass is 14.9. The molecule has 0 spiro atoms. The first kappa shape index (κ1) is 10.3. The maximum absolute atomic E-state index is 8.87. The van der Waals surface area contributed by atoms with Gasteiger partial charge in [0.1, 0.15) is 11.8 Å². The lowest BCUT2D eigenvalue weighted by molar-refractivity contribution is 0.352. The highest BCUT2D eigenvalue weighted by Gasteiger charge is 2.15. The summed E-state index contributed by atoms with van der Waals surface area (Å²) >= 11 is 0. The van der Waals surface area contributed by atoms with E-state index in [0.29, 0.717) is 0 Å². The van der Waals surface area contributed by atoms with E-state index in [1.807, 2.05) is 17.7 Å². The number of rotatable bonds is 2. The van der Waals surface area contributed by atoms with Gasteiger partial charge in [-0.15, -0.1) is 0 Å². The Balaban J connectivity index is 2.04. The van der Waals surface area contributed by atoms with Crippen LogP contribution in [0.2, 0.25) is 0 Å². The lowest BCUT2D eigenvalue weighted by atomic mass is 9.86. The van der Waals surface area contributed by atoms with Gasteiger partial charge in [-0.05, 0) is 24.5 Å². The average molecular weight is 202 g/mol. The topological polar surface area (TPSA) is 28.7 Å². The monoisotopic (exact) mass is 202 g/mol. The standard InChI is InChI=1S/C13H18N2/c1-15-12(7-8-13(15)10-14)9-11-5-3-2-4-6-11/h7-8,11H,2-6,9H2,1H3. The first-order valence-corrected chi connectivity index (χ1v) is 5.86. The molecule has 1 heterocycles. The first-order valence-electron chi connectivity index (χ1n) is 5.86. The molecule has 0 amide bonds. The van der Waals surface area contributed by atoms with Crippen molar-refractivity contribution >= 4 is 0 Å². The van der Waals surface area contributed by atoms with Gasteiger partial charge in [-0.25, -0.2) is 0 Å². The van der Waals surface area contributed by atoms with E-state index in [4.69, 9.17) is 5.26 Å². The van der Waals surface area contributed by atoms with Crippen molar-refractivity contribution in [1.29, 1.82) is 5.26 Å². The minimum absolute atomic E-state index is 0.779. The molecule has 0 saturated heterocycles. The minimum atomic E-state index is 0.779. The maximum Gasteiger partial charge on any atom is 0.120 e. The highest BCUT2D eigenvalue weighted by molar-refractivity contribution is 5.26. The van der Waals surface area contributed by atoms with Crippen molar-refractivity contribution in [2.75, 3.05) is 0 Å². The lowest BCUT2D eigenvalue weighted by Crippen LogP contribution is -2.11. The molecule has 1 aliphatic rings. The van der Waals surface area contributed by atoms with Crippen LogP contribution in [-0.2, 0) is 13.5 Å². The van der Waals surface area contributed by atoms with Crippen LogP contribution in [0.5, 0.6) is 0 Å². The van der Waals surface area contributed by atoms with Crippen LogP contribution in [0, 0.1) is 17.2 Å².